The highest BCUT2D eigenvalue weighted by molar-refractivity contribution is 5.91. The van der Waals surface area contributed by atoms with Gasteiger partial charge < -0.3 is 10.0 Å². The molecule has 3 fully saturated rings. The third-order valence-corrected chi connectivity index (χ3v) is 5.64. The molecule has 0 aromatic rings. The maximum atomic E-state index is 12.7. The van der Waals surface area contributed by atoms with Crippen molar-refractivity contribution in [3.63, 3.8) is 0 Å². The standard InChI is InChI=1S/C15H23NO3/c1-15(2)11(12(15)14(18)19)13(17)16-8-4-6-9-5-3-7-10(9)16/h9-12H,3-8H2,1-2H3,(H,18,19)/t9?,10?,11-,12+/m1/s1. The lowest BCUT2D eigenvalue weighted by Gasteiger charge is -2.38. The predicted molar refractivity (Wildman–Crippen MR) is 70.5 cm³/mol. The number of rotatable bonds is 2. The Balaban J connectivity index is 1.76. The van der Waals surface area contributed by atoms with E-state index in [4.69, 9.17) is 0 Å². The van der Waals surface area contributed by atoms with Gasteiger partial charge in [0.15, 0.2) is 0 Å². The van der Waals surface area contributed by atoms with E-state index in [1.165, 1.54) is 19.3 Å². The van der Waals surface area contributed by atoms with Crippen molar-refractivity contribution in [1.82, 2.24) is 4.90 Å². The fourth-order valence-corrected chi connectivity index (χ4v) is 4.47. The third-order valence-electron chi connectivity index (χ3n) is 5.64. The van der Waals surface area contributed by atoms with Crippen LogP contribution in [0.5, 0.6) is 0 Å². The Bertz CT molecular complexity index is 418. The number of nitrogens with zero attached hydrogens (tertiary/aromatic N) is 1. The molecule has 3 rings (SSSR count). The SMILES string of the molecule is CC1(C)[C@H](C(=O)O)[C@@H]1C(=O)N1CCCC2CCCC21. The van der Waals surface area contributed by atoms with E-state index < -0.39 is 11.9 Å². The van der Waals surface area contributed by atoms with Gasteiger partial charge in [0.05, 0.1) is 11.8 Å². The molecule has 1 aliphatic heterocycles. The zero-order chi connectivity index (χ0) is 13.8. The summed E-state index contributed by atoms with van der Waals surface area (Å²) in [5, 5.41) is 9.22. The molecule has 0 aromatic heterocycles. The van der Waals surface area contributed by atoms with E-state index in [9.17, 15) is 14.7 Å². The molecule has 3 aliphatic rings. The molecule has 4 atom stereocenters. The molecule has 1 amide bonds. The Kier molecular flexibility index (Phi) is 2.88. The Morgan fingerprint density at radius 2 is 1.79 bits per heavy atom. The molecule has 1 N–H and O–H groups in total. The van der Waals surface area contributed by atoms with Crippen LogP contribution >= 0.6 is 0 Å². The number of fused-ring (bicyclic) bond motifs is 1. The lowest BCUT2D eigenvalue weighted by molar-refractivity contribution is -0.143. The second-order valence-electron chi connectivity index (χ2n) is 7.05. The lowest BCUT2D eigenvalue weighted by atomic mass is 9.91. The largest absolute Gasteiger partial charge is 0.481 e. The van der Waals surface area contributed by atoms with Crippen molar-refractivity contribution in [3.8, 4) is 0 Å². The summed E-state index contributed by atoms with van der Waals surface area (Å²) in [6.45, 7) is 4.65. The number of aliphatic carboxylic acids is 1. The maximum Gasteiger partial charge on any atom is 0.307 e. The number of likely N-dealkylation sites (tertiary alicyclic amines) is 1. The van der Waals surface area contributed by atoms with Crippen molar-refractivity contribution in [3.05, 3.63) is 0 Å². The molecule has 4 nitrogen and oxygen atoms in total. The van der Waals surface area contributed by atoms with Crippen LogP contribution in [0, 0.1) is 23.2 Å². The van der Waals surface area contributed by atoms with Crippen LogP contribution in [0.3, 0.4) is 0 Å². The van der Waals surface area contributed by atoms with Gasteiger partial charge >= 0.3 is 5.97 Å². The molecule has 2 aliphatic carbocycles. The minimum atomic E-state index is -0.816. The highest BCUT2D eigenvalue weighted by Gasteiger charge is 2.67. The van der Waals surface area contributed by atoms with Crippen molar-refractivity contribution in [1.29, 1.82) is 0 Å². The van der Waals surface area contributed by atoms with Crippen LogP contribution in [0.4, 0.5) is 0 Å². The summed E-state index contributed by atoms with van der Waals surface area (Å²) >= 11 is 0. The normalized spacial score (nSPS) is 39.8. The topological polar surface area (TPSA) is 57.6 Å². The molecule has 0 bridgehead atoms. The number of carboxylic acids is 1. The van der Waals surface area contributed by atoms with E-state index in [-0.39, 0.29) is 17.2 Å². The average Bonchev–Trinajstić information content (AvgIpc) is 2.74. The van der Waals surface area contributed by atoms with Crippen LogP contribution in [0.2, 0.25) is 0 Å². The fourth-order valence-electron chi connectivity index (χ4n) is 4.47. The molecule has 2 unspecified atom stereocenters. The Morgan fingerprint density at radius 3 is 2.42 bits per heavy atom. The van der Waals surface area contributed by atoms with Crippen molar-refractivity contribution < 1.29 is 14.7 Å². The average molecular weight is 265 g/mol. The Hall–Kier alpha value is -1.06. The van der Waals surface area contributed by atoms with Gasteiger partial charge in [-0.05, 0) is 37.0 Å². The maximum absolute atomic E-state index is 12.7. The molecule has 0 radical (unpaired) electrons. The molecule has 19 heavy (non-hydrogen) atoms. The monoisotopic (exact) mass is 265 g/mol. The lowest BCUT2D eigenvalue weighted by Crippen LogP contribution is -2.47. The molecule has 2 saturated carbocycles. The number of carboxylic acid groups (broad SMARTS) is 1. The summed E-state index contributed by atoms with van der Waals surface area (Å²) in [4.78, 5) is 26.0. The fraction of sp³-hybridized carbons (Fsp3) is 0.867. The van der Waals surface area contributed by atoms with E-state index in [0.717, 1.165) is 19.4 Å². The van der Waals surface area contributed by atoms with Crippen molar-refractivity contribution in [2.24, 2.45) is 23.2 Å². The quantitative estimate of drug-likeness (QED) is 0.832. The second-order valence-corrected chi connectivity index (χ2v) is 7.05. The van der Waals surface area contributed by atoms with Crippen LogP contribution < -0.4 is 0 Å². The summed E-state index contributed by atoms with van der Waals surface area (Å²) in [6, 6.07) is 0.395. The first-order valence-corrected chi connectivity index (χ1v) is 7.48. The van der Waals surface area contributed by atoms with Crippen LogP contribution in [-0.2, 0) is 9.59 Å². The zero-order valence-corrected chi connectivity index (χ0v) is 11.8. The number of hydrogen-bond acceptors (Lipinski definition) is 2. The predicted octanol–water partition coefficient (Wildman–Crippen LogP) is 2.13. The van der Waals surface area contributed by atoms with Gasteiger partial charge in [-0.1, -0.05) is 20.3 Å². The van der Waals surface area contributed by atoms with Gasteiger partial charge in [0.1, 0.15) is 0 Å². The summed E-state index contributed by atoms with van der Waals surface area (Å²) in [5.41, 5.74) is -0.367. The number of piperidine rings is 1. The Morgan fingerprint density at radius 1 is 1.11 bits per heavy atom. The number of carbonyl (C=O) groups is 2. The van der Waals surface area contributed by atoms with E-state index >= 15 is 0 Å². The summed E-state index contributed by atoms with van der Waals surface area (Å²) < 4.78 is 0. The van der Waals surface area contributed by atoms with Crippen LogP contribution in [0.1, 0.15) is 46.0 Å². The third kappa shape index (κ3) is 1.87. The minimum absolute atomic E-state index is 0.106. The van der Waals surface area contributed by atoms with Crippen LogP contribution in [-0.4, -0.2) is 34.5 Å². The molecule has 4 heteroatoms. The van der Waals surface area contributed by atoms with E-state index in [1.54, 1.807) is 0 Å². The highest BCUT2D eigenvalue weighted by atomic mass is 16.4. The van der Waals surface area contributed by atoms with Crippen molar-refractivity contribution >= 4 is 11.9 Å². The molecule has 106 valence electrons. The van der Waals surface area contributed by atoms with Gasteiger partial charge in [0.2, 0.25) is 5.91 Å². The number of carbonyl (C=O) groups excluding carboxylic acids is 1. The molecular weight excluding hydrogens is 242 g/mol. The number of hydrogen-bond donors (Lipinski definition) is 1. The van der Waals surface area contributed by atoms with E-state index in [0.29, 0.717) is 12.0 Å². The molecular formula is C15H23NO3. The van der Waals surface area contributed by atoms with Gasteiger partial charge in [-0.3, -0.25) is 9.59 Å². The van der Waals surface area contributed by atoms with Gasteiger partial charge in [0.25, 0.3) is 0 Å². The first kappa shape index (κ1) is 12.9. The first-order chi connectivity index (χ1) is 8.94. The number of amides is 1. The van der Waals surface area contributed by atoms with Crippen molar-refractivity contribution in [2.75, 3.05) is 6.54 Å². The highest BCUT2D eigenvalue weighted by Crippen LogP contribution is 2.59. The summed E-state index contributed by atoms with van der Waals surface area (Å²) in [5.74, 6) is -0.827. The van der Waals surface area contributed by atoms with E-state index in [1.807, 2.05) is 18.7 Å². The molecule has 1 heterocycles. The van der Waals surface area contributed by atoms with Gasteiger partial charge in [0, 0.05) is 12.6 Å². The molecule has 0 spiro atoms. The Labute approximate surface area is 114 Å². The van der Waals surface area contributed by atoms with E-state index in [2.05, 4.69) is 0 Å². The zero-order valence-electron chi connectivity index (χ0n) is 11.8. The van der Waals surface area contributed by atoms with Gasteiger partial charge in [-0.2, -0.15) is 0 Å². The first-order valence-electron chi connectivity index (χ1n) is 7.48. The molecule has 1 saturated heterocycles. The molecule has 0 aromatic carbocycles. The minimum Gasteiger partial charge on any atom is -0.481 e. The second kappa shape index (κ2) is 4.22. The smallest absolute Gasteiger partial charge is 0.307 e. The summed E-state index contributed by atoms with van der Waals surface area (Å²) in [7, 11) is 0. The van der Waals surface area contributed by atoms with Gasteiger partial charge in [-0.25, -0.2) is 0 Å². The van der Waals surface area contributed by atoms with Crippen molar-refractivity contribution in [2.45, 2.75) is 52.0 Å². The van der Waals surface area contributed by atoms with Crippen LogP contribution in [0.15, 0.2) is 0 Å². The van der Waals surface area contributed by atoms with Crippen LogP contribution in [0.25, 0.3) is 0 Å². The summed E-state index contributed by atoms with van der Waals surface area (Å²) in [6.07, 6.45) is 5.89. The van der Waals surface area contributed by atoms with Gasteiger partial charge in [-0.15, -0.1) is 0 Å².